The highest BCUT2D eigenvalue weighted by atomic mass is 19.1. The summed E-state index contributed by atoms with van der Waals surface area (Å²) in [6.07, 6.45) is 4.48. The molecular weight excluding hydrogens is 208 g/mol. The molecule has 0 aliphatic heterocycles. The van der Waals surface area contributed by atoms with Crippen molar-refractivity contribution in [1.29, 1.82) is 0 Å². The molecular formula is C13H17F2N. The van der Waals surface area contributed by atoms with E-state index in [0.29, 0.717) is 11.6 Å². The zero-order valence-electron chi connectivity index (χ0n) is 9.63. The quantitative estimate of drug-likeness (QED) is 0.758. The third-order valence-corrected chi connectivity index (χ3v) is 2.06. The Hall–Kier alpha value is -1.22. The number of hydrogen-bond donors (Lipinski definition) is 1. The first kappa shape index (κ1) is 12.8. The van der Waals surface area contributed by atoms with Crippen LogP contribution in [0.3, 0.4) is 0 Å². The van der Waals surface area contributed by atoms with Crippen LogP contribution in [0, 0.1) is 11.6 Å². The smallest absolute Gasteiger partial charge is 0.126 e. The molecule has 0 atom stereocenters. The Bertz CT molecular complexity index is 339. The van der Waals surface area contributed by atoms with Crippen LogP contribution in [-0.2, 0) is 0 Å². The SMILES string of the molecule is CC(C)NCCC=Cc1cc(F)cc(F)c1. The molecule has 1 aromatic carbocycles. The summed E-state index contributed by atoms with van der Waals surface area (Å²) in [7, 11) is 0. The fourth-order valence-electron chi connectivity index (χ4n) is 1.35. The van der Waals surface area contributed by atoms with E-state index < -0.39 is 11.6 Å². The molecule has 1 nitrogen and oxygen atoms in total. The summed E-state index contributed by atoms with van der Waals surface area (Å²) in [5.74, 6) is -1.08. The van der Waals surface area contributed by atoms with Gasteiger partial charge in [0.1, 0.15) is 11.6 Å². The zero-order chi connectivity index (χ0) is 12.0. The Labute approximate surface area is 95.2 Å². The summed E-state index contributed by atoms with van der Waals surface area (Å²) in [5, 5.41) is 3.26. The lowest BCUT2D eigenvalue weighted by Gasteiger charge is -2.04. The third-order valence-electron chi connectivity index (χ3n) is 2.06. The molecule has 0 aliphatic rings. The minimum atomic E-state index is -0.542. The molecule has 0 amide bonds. The van der Waals surface area contributed by atoms with Gasteiger partial charge >= 0.3 is 0 Å². The molecule has 0 aliphatic carbocycles. The lowest BCUT2D eigenvalue weighted by atomic mass is 10.2. The third kappa shape index (κ3) is 5.03. The van der Waals surface area contributed by atoms with Crippen LogP contribution in [0.2, 0.25) is 0 Å². The van der Waals surface area contributed by atoms with E-state index in [-0.39, 0.29) is 0 Å². The van der Waals surface area contributed by atoms with Crippen LogP contribution in [-0.4, -0.2) is 12.6 Å². The van der Waals surface area contributed by atoms with Crippen molar-refractivity contribution in [3.63, 3.8) is 0 Å². The van der Waals surface area contributed by atoms with Crippen molar-refractivity contribution in [2.75, 3.05) is 6.54 Å². The van der Waals surface area contributed by atoms with Gasteiger partial charge in [-0.15, -0.1) is 0 Å². The highest BCUT2D eigenvalue weighted by Crippen LogP contribution is 2.09. The van der Waals surface area contributed by atoms with Crippen LogP contribution >= 0.6 is 0 Å². The van der Waals surface area contributed by atoms with Gasteiger partial charge in [-0.1, -0.05) is 26.0 Å². The van der Waals surface area contributed by atoms with Crippen molar-refractivity contribution in [2.45, 2.75) is 26.3 Å². The predicted molar refractivity (Wildman–Crippen MR) is 63.1 cm³/mol. The van der Waals surface area contributed by atoms with Crippen molar-refractivity contribution in [2.24, 2.45) is 0 Å². The Kier molecular flexibility index (Phi) is 5.12. The summed E-state index contributed by atoms with van der Waals surface area (Å²) >= 11 is 0. The maximum Gasteiger partial charge on any atom is 0.126 e. The molecule has 0 saturated carbocycles. The second-order valence-corrected chi connectivity index (χ2v) is 4.00. The van der Waals surface area contributed by atoms with Crippen LogP contribution in [0.4, 0.5) is 8.78 Å². The summed E-state index contributed by atoms with van der Waals surface area (Å²) in [6.45, 7) is 5.02. The number of nitrogens with one attached hydrogen (secondary N) is 1. The Balaban J connectivity index is 2.43. The number of benzene rings is 1. The van der Waals surface area contributed by atoms with Gasteiger partial charge in [0.2, 0.25) is 0 Å². The van der Waals surface area contributed by atoms with E-state index in [0.717, 1.165) is 19.0 Å². The first-order valence-electron chi connectivity index (χ1n) is 5.44. The topological polar surface area (TPSA) is 12.0 Å². The standard InChI is InChI=1S/C13H17F2N/c1-10(2)16-6-4-3-5-11-7-12(14)9-13(15)8-11/h3,5,7-10,16H,4,6H2,1-2H3. The number of halogens is 2. The fourth-order valence-corrected chi connectivity index (χ4v) is 1.35. The highest BCUT2D eigenvalue weighted by molar-refractivity contribution is 5.49. The number of rotatable bonds is 5. The van der Waals surface area contributed by atoms with E-state index in [4.69, 9.17) is 0 Å². The van der Waals surface area contributed by atoms with Gasteiger partial charge in [0.15, 0.2) is 0 Å². The van der Waals surface area contributed by atoms with Crippen LogP contribution in [0.1, 0.15) is 25.8 Å². The van der Waals surface area contributed by atoms with E-state index in [1.165, 1.54) is 12.1 Å². The Morgan fingerprint density at radius 1 is 1.19 bits per heavy atom. The molecule has 0 aromatic heterocycles. The molecule has 0 saturated heterocycles. The molecule has 16 heavy (non-hydrogen) atoms. The van der Waals surface area contributed by atoms with Crippen molar-refractivity contribution >= 4 is 6.08 Å². The second kappa shape index (κ2) is 6.38. The van der Waals surface area contributed by atoms with Gasteiger partial charge in [-0.2, -0.15) is 0 Å². The van der Waals surface area contributed by atoms with Crippen LogP contribution in [0.25, 0.3) is 6.08 Å². The van der Waals surface area contributed by atoms with Crippen LogP contribution < -0.4 is 5.32 Å². The first-order valence-corrected chi connectivity index (χ1v) is 5.44. The maximum atomic E-state index is 12.8. The molecule has 0 fully saturated rings. The highest BCUT2D eigenvalue weighted by Gasteiger charge is 1.96. The molecule has 0 spiro atoms. The molecule has 0 radical (unpaired) electrons. The molecule has 1 rings (SSSR count). The largest absolute Gasteiger partial charge is 0.314 e. The van der Waals surface area contributed by atoms with E-state index in [9.17, 15) is 8.78 Å². The summed E-state index contributed by atoms with van der Waals surface area (Å²) in [5.41, 5.74) is 0.557. The van der Waals surface area contributed by atoms with Crippen molar-refractivity contribution < 1.29 is 8.78 Å². The second-order valence-electron chi connectivity index (χ2n) is 4.00. The van der Waals surface area contributed by atoms with Crippen molar-refractivity contribution in [3.05, 3.63) is 41.5 Å². The van der Waals surface area contributed by atoms with E-state index in [1.54, 1.807) is 6.08 Å². The van der Waals surface area contributed by atoms with Gasteiger partial charge in [-0.05, 0) is 30.7 Å². The molecule has 1 N–H and O–H groups in total. The van der Waals surface area contributed by atoms with E-state index in [1.807, 2.05) is 6.08 Å². The minimum Gasteiger partial charge on any atom is -0.314 e. The zero-order valence-corrected chi connectivity index (χ0v) is 9.63. The lowest BCUT2D eigenvalue weighted by Crippen LogP contribution is -2.23. The van der Waals surface area contributed by atoms with Gasteiger partial charge in [0.25, 0.3) is 0 Å². The van der Waals surface area contributed by atoms with Crippen LogP contribution in [0.15, 0.2) is 24.3 Å². The van der Waals surface area contributed by atoms with Gasteiger partial charge < -0.3 is 5.32 Å². The molecule has 3 heteroatoms. The average molecular weight is 225 g/mol. The van der Waals surface area contributed by atoms with Gasteiger partial charge in [-0.25, -0.2) is 8.78 Å². The molecule has 0 unspecified atom stereocenters. The lowest BCUT2D eigenvalue weighted by molar-refractivity contribution is 0.583. The number of hydrogen-bond acceptors (Lipinski definition) is 1. The average Bonchev–Trinajstić information content (AvgIpc) is 2.15. The van der Waals surface area contributed by atoms with Gasteiger partial charge in [0.05, 0.1) is 0 Å². The normalized spacial score (nSPS) is 11.6. The van der Waals surface area contributed by atoms with Gasteiger partial charge in [0, 0.05) is 12.1 Å². The van der Waals surface area contributed by atoms with E-state index in [2.05, 4.69) is 19.2 Å². The van der Waals surface area contributed by atoms with Crippen molar-refractivity contribution in [1.82, 2.24) is 5.32 Å². The van der Waals surface area contributed by atoms with Crippen molar-refractivity contribution in [3.8, 4) is 0 Å². The van der Waals surface area contributed by atoms with E-state index >= 15 is 0 Å². The monoisotopic (exact) mass is 225 g/mol. The minimum absolute atomic E-state index is 0.458. The molecule has 1 aromatic rings. The summed E-state index contributed by atoms with van der Waals surface area (Å²) in [4.78, 5) is 0. The fraction of sp³-hybridized carbons (Fsp3) is 0.385. The first-order chi connectivity index (χ1) is 7.58. The van der Waals surface area contributed by atoms with Gasteiger partial charge in [-0.3, -0.25) is 0 Å². The predicted octanol–water partition coefficient (Wildman–Crippen LogP) is 3.37. The maximum absolute atomic E-state index is 12.8. The molecule has 0 heterocycles. The Morgan fingerprint density at radius 2 is 1.81 bits per heavy atom. The Morgan fingerprint density at radius 3 is 2.38 bits per heavy atom. The summed E-state index contributed by atoms with van der Waals surface area (Å²) < 4.78 is 25.6. The molecule has 0 bridgehead atoms. The summed E-state index contributed by atoms with van der Waals surface area (Å²) in [6, 6.07) is 3.96. The molecule has 88 valence electrons. The van der Waals surface area contributed by atoms with Crippen LogP contribution in [0.5, 0.6) is 0 Å².